The van der Waals surface area contributed by atoms with E-state index in [1.807, 2.05) is 6.92 Å². The van der Waals surface area contributed by atoms with Crippen molar-refractivity contribution in [1.82, 2.24) is 15.3 Å². The molecular formula is C10H16N4O3. The first kappa shape index (κ1) is 13.2. The second kappa shape index (κ2) is 6.64. The van der Waals surface area contributed by atoms with Crippen LogP contribution in [0.15, 0.2) is 6.07 Å². The van der Waals surface area contributed by atoms with Crippen LogP contribution < -0.4 is 20.1 Å². The molecule has 2 N–H and O–H groups in total. The van der Waals surface area contributed by atoms with Crippen molar-refractivity contribution in [1.29, 1.82) is 0 Å². The lowest BCUT2D eigenvalue weighted by Gasteiger charge is -2.07. The zero-order chi connectivity index (χ0) is 12.7. The highest BCUT2D eigenvalue weighted by Crippen LogP contribution is 2.16. The molecule has 0 aliphatic heterocycles. The van der Waals surface area contributed by atoms with Gasteiger partial charge in [0.05, 0.1) is 26.8 Å². The van der Waals surface area contributed by atoms with E-state index in [0.717, 1.165) is 6.54 Å². The zero-order valence-corrected chi connectivity index (χ0v) is 10.1. The van der Waals surface area contributed by atoms with Crippen LogP contribution in [-0.4, -0.2) is 43.2 Å². The average Bonchev–Trinajstić information content (AvgIpc) is 2.35. The molecule has 1 aromatic heterocycles. The third kappa shape index (κ3) is 4.23. The number of carbonyl (C=O) groups is 1. The topological polar surface area (TPSA) is 85.4 Å². The molecule has 0 aromatic carbocycles. The molecule has 0 spiro atoms. The fraction of sp³-hybridized carbons (Fsp3) is 0.500. The summed E-state index contributed by atoms with van der Waals surface area (Å²) in [7, 11) is 2.96. The molecule has 7 heteroatoms. The predicted molar refractivity (Wildman–Crippen MR) is 62.3 cm³/mol. The Bertz CT molecular complexity index is 362. The number of methoxy groups -OCH3 is 2. The number of likely N-dealkylation sites (N-methyl/N-ethyl adjacent to an activating group) is 1. The molecule has 0 fully saturated rings. The molecule has 0 unspecified atom stereocenters. The van der Waals surface area contributed by atoms with Crippen molar-refractivity contribution in [2.24, 2.45) is 0 Å². The van der Waals surface area contributed by atoms with Gasteiger partial charge in [-0.2, -0.15) is 9.97 Å². The van der Waals surface area contributed by atoms with Gasteiger partial charge >= 0.3 is 0 Å². The molecule has 1 aromatic rings. The van der Waals surface area contributed by atoms with Crippen LogP contribution in [0.4, 0.5) is 5.95 Å². The molecule has 0 bridgehead atoms. The van der Waals surface area contributed by atoms with Gasteiger partial charge in [-0.3, -0.25) is 10.1 Å². The molecule has 1 heterocycles. The first-order valence-corrected chi connectivity index (χ1v) is 5.17. The SMILES string of the molecule is CCNCC(=O)Nc1nc(OC)cc(OC)n1. The van der Waals surface area contributed by atoms with Gasteiger partial charge in [0.1, 0.15) is 0 Å². The Labute approximate surface area is 99.5 Å². The number of carbonyl (C=O) groups excluding carboxylic acids is 1. The van der Waals surface area contributed by atoms with E-state index in [9.17, 15) is 4.79 Å². The first-order chi connectivity index (χ1) is 8.19. The molecule has 17 heavy (non-hydrogen) atoms. The summed E-state index contributed by atoms with van der Waals surface area (Å²) in [5, 5.41) is 5.44. The summed E-state index contributed by atoms with van der Waals surface area (Å²) in [5.74, 6) is 0.595. The Balaban J connectivity index is 2.72. The van der Waals surface area contributed by atoms with E-state index in [1.54, 1.807) is 0 Å². The third-order valence-electron chi connectivity index (χ3n) is 1.88. The Morgan fingerprint density at radius 3 is 2.35 bits per heavy atom. The number of nitrogens with zero attached hydrogens (tertiary/aromatic N) is 2. The van der Waals surface area contributed by atoms with Crippen molar-refractivity contribution < 1.29 is 14.3 Å². The maximum absolute atomic E-state index is 11.4. The van der Waals surface area contributed by atoms with Gasteiger partial charge in [-0.25, -0.2) is 0 Å². The number of amides is 1. The maximum Gasteiger partial charge on any atom is 0.240 e. The standard InChI is InChI=1S/C10H16N4O3/c1-4-11-6-7(15)12-10-13-8(16-2)5-9(14-10)17-3/h5,11H,4,6H2,1-3H3,(H,12,13,14,15). The Hall–Kier alpha value is -1.89. The Morgan fingerprint density at radius 2 is 1.88 bits per heavy atom. The van der Waals surface area contributed by atoms with E-state index < -0.39 is 0 Å². The molecule has 1 rings (SSSR count). The second-order valence-corrected chi connectivity index (χ2v) is 3.10. The highest BCUT2D eigenvalue weighted by Gasteiger charge is 2.08. The molecule has 0 aliphatic carbocycles. The molecule has 0 saturated carbocycles. The van der Waals surface area contributed by atoms with Gasteiger partial charge < -0.3 is 14.8 Å². The average molecular weight is 240 g/mol. The summed E-state index contributed by atoms with van der Waals surface area (Å²) in [4.78, 5) is 19.4. The second-order valence-electron chi connectivity index (χ2n) is 3.10. The van der Waals surface area contributed by atoms with Crippen LogP contribution in [0.25, 0.3) is 0 Å². The van der Waals surface area contributed by atoms with Crippen molar-refractivity contribution >= 4 is 11.9 Å². The molecule has 0 aliphatic rings. The van der Waals surface area contributed by atoms with Crippen LogP contribution >= 0.6 is 0 Å². The van der Waals surface area contributed by atoms with Crippen molar-refractivity contribution in [3.63, 3.8) is 0 Å². The molecule has 0 atom stereocenters. The molecule has 7 nitrogen and oxygen atoms in total. The summed E-state index contributed by atoms with van der Waals surface area (Å²) in [6, 6.07) is 1.53. The minimum Gasteiger partial charge on any atom is -0.481 e. The lowest BCUT2D eigenvalue weighted by molar-refractivity contribution is -0.115. The van der Waals surface area contributed by atoms with Gasteiger partial charge in [0.15, 0.2) is 0 Å². The molecule has 0 saturated heterocycles. The maximum atomic E-state index is 11.4. The summed E-state index contributed by atoms with van der Waals surface area (Å²) in [6.45, 7) is 2.84. The summed E-state index contributed by atoms with van der Waals surface area (Å²) >= 11 is 0. The summed E-state index contributed by atoms with van der Waals surface area (Å²) in [6.07, 6.45) is 0. The number of aromatic nitrogens is 2. The molecule has 1 amide bonds. The van der Waals surface area contributed by atoms with Crippen LogP contribution in [0.2, 0.25) is 0 Å². The van der Waals surface area contributed by atoms with Crippen LogP contribution in [-0.2, 0) is 4.79 Å². The monoisotopic (exact) mass is 240 g/mol. The number of nitrogens with one attached hydrogen (secondary N) is 2. The van der Waals surface area contributed by atoms with E-state index in [2.05, 4.69) is 20.6 Å². The number of hydrogen-bond donors (Lipinski definition) is 2. The fourth-order valence-electron chi connectivity index (χ4n) is 1.08. The van der Waals surface area contributed by atoms with Crippen molar-refractivity contribution in [3.8, 4) is 11.8 Å². The fourth-order valence-corrected chi connectivity index (χ4v) is 1.08. The van der Waals surface area contributed by atoms with Gasteiger partial charge in [0.2, 0.25) is 23.6 Å². The van der Waals surface area contributed by atoms with Crippen LogP contribution in [0, 0.1) is 0 Å². The molecular weight excluding hydrogens is 224 g/mol. The Morgan fingerprint density at radius 1 is 1.29 bits per heavy atom. The normalized spacial score (nSPS) is 9.82. The quantitative estimate of drug-likeness (QED) is 0.730. The molecule has 0 radical (unpaired) electrons. The number of hydrogen-bond acceptors (Lipinski definition) is 6. The summed E-state index contributed by atoms with van der Waals surface area (Å²) < 4.78 is 9.92. The number of ether oxygens (including phenoxy) is 2. The summed E-state index contributed by atoms with van der Waals surface area (Å²) in [5.41, 5.74) is 0. The first-order valence-electron chi connectivity index (χ1n) is 5.17. The minimum absolute atomic E-state index is 0.157. The highest BCUT2D eigenvalue weighted by atomic mass is 16.5. The van der Waals surface area contributed by atoms with Gasteiger partial charge in [0.25, 0.3) is 0 Å². The minimum atomic E-state index is -0.220. The third-order valence-corrected chi connectivity index (χ3v) is 1.88. The van der Waals surface area contributed by atoms with E-state index in [4.69, 9.17) is 9.47 Å². The van der Waals surface area contributed by atoms with Gasteiger partial charge in [-0.1, -0.05) is 6.92 Å². The van der Waals surface area contributed by atoms with Crippen molar-refractivity contribution in [3.05, 3.63) is 6.07 Å². The van der Waals surface area contributed by atoms with E-state index >= 15 is 0 Å². The Kier molecular flexibility index (Phi) is 5.15. The lowest BCUT2D eigenvalue weighted by atomic mass is 10.5. The predicted octanol–water partition coefficient (Wildman–Crippen LogP) is 0.0418. The number of rotatable bonds is 6. The highest BCUT2D eigenvalue weighted by molar-refractivity contribution is 5.90. The van der Waals surface area contributed by atoms with E-state index in [-0.39, 0.29) is 18.4 Å². The van der Waals surface area contributed by atoms with Gasteiger partial charge in [0, 0.05) is 0 Å². The van der Waals surface area contributed by atoms with E-state index in [0.29, 0.717) is 11.8 Å². The van der Waals surface area contributed by atoms with Crippen LogP contribution in [0.5, 0.6) is 11.8 Å². The molecule has 94 valence electrons. The van der Waals surface area contributed by atoms with Gasteiger partial charge in [-0.05, 0) is 6.54 Å². The van der Waals surface area contributed by atoms with Crippen molar-refractivity contribution in [2.75, 3.05) is 32.6 Å². The zero-order valence-electron chi connectivity index (χ0n) is 10.1. The van der Waals surface area contributed by atoms with Crippen molar-refractivity contribution in [2.45, 2.75) is 6.92 Å². The van der Waals surface area contributed by atoms with Crippen LogP contribution in [0.3, 0.4) is 0 Å². The smallest absolute Gasteiger partial charge is 0.240 e. The van der Waals surface area contributed by atoms with Crippen LogP contribution in [0.1, 0.15) is 6.92 Å². The lowest BCUT2D eigenvalue weighted by Crippen LogP contribution is -2.28. The van der Waals surface area contributed by atoms with E-state index in [1.165, 1.54) is 20.3 Å². The van der Waals surface area contributed by atoms with Gasteiger partial charge in [-0.15, -0.1) is 0 Å². The number of anilines is 1. The largest absolute Gasteiger partial charge is 0.481 e.